The Morgan fingerprint density at radius 2 is 1.89 bits per heavy atom. The smallest absolute Gasteiger partial charge is 0.373 e. The Hall–Kier alpha value is -1.51. The number of thioether (sulfide) groups is 1. The Morgan fingerprint density at radius 1 is 1.33 bits per heavy atom. The molecule has 0 spiro atoms. The number of carboxylic acid groups (broad SMARTS) is 1. The first kappa shape index (κ1) is 14.6. The first-order chi connectivity index (χ1) is 8.41. The molecular formula is C10H12N2O5S. The molecule has 0 bridgehead atoms. The monoisotopic (exact) mass is 272 g/mol. The van der Waals surface area contributed by atoms with Gasteiger partial charge in [-0.25, -0.2) is 14.8 Å². The molecule has 8 heteroatoms. The highest BCUT2D eigenvalue weighted by atomic mass is 32.2. The lowest BCUT2D eigenvalue weighted by molar-refractivity contribution is -0.109. The summed E-state index contributed by atoms with van der Waals surface area (Å²) in [5.41, 5.74) is 0.191. The van der Waals surface area contributed by atoms with Gasteiger partial charge >= 0.3 is 5.97 Å². The van der Waals surface area contributed by atoms with Crippen molar-refractivity contribution in [3.05, 3.63) is 23.8 Å². The number of aromatic nitrogens is 2. The molecule has 0 saturated heterocycles. The zero-order valence-corrected chi connectivity index (χ0v) is 10.3. The fourth-order valence-electron chi connectivity index (χ4n) is 1.12. The van der Waals surface area contributed by atoms with Gasteiger partial charge in [0.2, 0.25) is 5.82 Å². The Labute approximate surface area is 107 Å². The first-order valence-electron chi connectivity index (χ1n) is 4.96. The summed E-state index contributed by atoms with van der Waals surface area (Å²) in [6.45, 7) is 1.36. The van der Waals surface area contributed by atoms with Crippen LogP contribution in [0.25, 0.3) is 0 Å². The topological polar surface area (TPSA) is 121 Å². The molecular weight excluding hydrogens is 260 g/mol. The molecule has 0 aliphatic carbocycles. The van der Waals surface area contributed by atoms with Gasteiger partial charge < -0.3 is 15.3 Å². The second-order valence-electron chi connectivity index (χ2n) is 3.46. The van der Waals surface area contributed by atoms with Crippen LogP contribution in [0.15, 0.2) is 12.4 Å². The third kappa shape index (κ3) is 4.06. The lowest BCUT2D eigenvalue weighted by Crippen LogP contribution is -2.22. The number of hydrogen-bond donors (Lipinski definition) is 3. The van der Waals surface area contributed by atoms with Crippen molar-refractivity contribution in [2.75, 3.05) is 5.75 Å². The first-order valence-corrected chi connectivity index (χ1v) is 5.95. The van der Waals surface area contributed by atoms with Gasteiger partial charge in [-0.05, 0) is 0 Å². The summed E-state index contributed by atoms with van der Waals surface area (Å²) in [7, 11) is 0. The van der Waals surface area contributed by atoms with Gasteiger partial charge in [-0.3, -0.25) is 4.79 Å². The molecule has 7 nitrogen and oxygen atoms in total. The maximum atomic E-state index is 10.7. The fraction of sp³-hybridized carbons (Fsp3) is 0.400. The fourth-order valence-corrected chi connectivity index (χ4v) is 1.70. The number of carbonyl (C=O) groups excluding carboxylic acids is 1. The van der Waals surface area contributed by atoms with Crippen LogP contribution in [0, 0.1) is 0 Å². The minimum atomic E-state index is -1.27. The van der Waals surface area contributed by atoms with Gasteiger partial charge in [-0.1, -0.05) is 11.8 Å². The minimum absolute atomic E-state index is 0.0389. The Bertz CT molecular complexity index is 436. The molecule has 1 aromatic heterocycles. The van der Waals surface area contributed by atoms with Crippen molar-refractivity contribution in [1.82, 2.24) is 9.97 Å². The van der Waals surface area contributed by atoms with E-state index in [0.717, 1.165) is 24.2 Å². The second kappa shape index (κ2) is 6.43. The van der Waals surface area contributed by atoms with Crippen molar-refractivity contribution >= 4 is 22.8 Å². The van der Waals surface area contributed by atoms with Crippen LogP contribution >= 0.6 is 11.8 Å². The SMILES string of the molecule is CC(=O)SCC(O)C(O)c1cnc(C(=O)O)nc1. The molecule has 1 rings (SSSR count). The highest BCUT2D eigenvalue weighted by Crippen LogP contribution is 2.18. The number of nitrogens with zero attached hydrogens (tertiary/aromatic N) is 2. The van der Waals surface area contributed by atoms with E-state index in [4.69, 9.17) is 5.11 Å². The van der Waals surface area contributed by atoms with Crippen LogP contribution in [0.5, 0.6) is 0 Å². The van der Waals surface area contributed by atoms with Crippen LogP contribution in [-0.2, 0) is 4.79 Å². The number of rotatable bonds is 5. The Morgan fingerprint density at radius 3 is 2.33 bits per heavy atom. The molecule has 0 saturated carbocycles. The van der Waals surface area contributed by atoms with Gasteiger partial charge in [-0.15, -0.1) is 0 Å². The highest BCUT2D eigenvalue weighted by Gasteiger charge is 2.20. The third-order valence-electron chi connectivity index (χ3n) is 2.03. The average Bonchev–Trinajstić information content (AvgIpc) is 2.35. The number of aromatic carboxylic acids is 1. The summed E-state index contributed by atoms with van der Waals surface area (Å²) in [6.07, 6.45) is -0.163. The third-order valence-corrected chi connectivity index (χ3v) is 2.94. The zero-order chi connectivity index (χ0) is 13.7. The van der Waals surface area contributed by atoms with E-state index in [-0.39, 0.29) is 16.4 Å². The maximum absolute atomic E-state index is 10.7. The molecule has 3 N–H and O–H groups in total. The van der Waals surface area contributed by atoms with Crippen molar-refractivity contribution in [3.8, 4) is 0 Å². The van der Waals surface area contributed by atoms with Gasteiger partial charge in [0.15, 0.2) is 5.12 Å². The normalized spacial score (nSPS) is 13.9. The van der Waals surface area contributed by atoms with Crippen LogP contribution in [0.3, 0.4) is 0 Å². The summed E-state index contributed by atoms with van der Waals surface area (Å²) >= 11 is 0.887. The van der Waals surface area contributed by atoms with Crippen LogP contribution in [0.1, 0.15) is 29.2 Å². The van der Waals surface area contributed by atoms with Gasteiger partial charge in [0.05, 0.1) is 6.10 Å². The predicted octanol–water partition coefficient (Wildman–Crippen LogP) is -0.151. The summed E-state index contributed by atoms with van der Waals surface area (Å²) in [4.78, 5) is 28.3. The average molecular weight is 272 g/mol. The van der Waals surface area contributed by atoms with E-state index >= 15 is 0 Å². The molecule has 2 unspecified atom stereocenters. The molecule has 2 atom stereocenters. The molecule has 0 fully saturated rings. The Kier molecular flexibility index (Phi) is 5.20. The Balaban J connectivity index is 2.68. The van der Waals surface area contributed by atoms with Crippen LogP contribution < -0.4 is 0 Å². The van der Waals surface area contributed by atoms with E-state index in [9.17, 15) is 19.8 Å². The lowest BCUT2D eigenvalue weighted by atomic mass is 10.1. The van der Waals surface area contributed by atoms with Gasteiger partial charge in [0.25, 0.3) is 0 Å². The highest BCUT2D eigenvalue weighted by molar-refractivity contribution is 8.13. The molecule has 1 aromatic rings. The van der Waals surface area contributed by atoms with Crippen molar-refractivity contribution in [2.24, 2.45) is 0 Å². The number of hydrogen-bond acceptors (Lipinski definition) is 7. The standard InChI is InChI=1S/C10H12N2O5S/c1-5(13)18-4-7(14)8(15)6-2-11-9(10(16)17)12-3-6/h2-3,7-8,14-15H,4H2,1H3,(H,16,17). The molecule has 0 aliphatic heterocycles. The largest absolute Gasteiger partial charge is 0.475 e. The lowest BCUT2D eigenvalue weighted by Gasteiger charge is -2.16. The molecule has 18 heavy (non-hydrogen) atoms. The van der Waals surface area contributed by atoms with Crippen molar-refractivity contribution < 1.29 is 24.9 Å². The minimum Gasteiger partial charge on any atom is -0.475 e. The zero-order valence-electron chi connectivity index (χ0n) is 9.48. The summed E-state index contributed by atoms with van der Waals surface area (Å²) < 4.78 is 0. The predicted molar refractivity (Wildman–Crippen MR) is 63.1 cm³/mol. The molecule has 0 aromatic carbocycles. The van der Waals surface area contributed by atoms with Gasteiger partial charge in [0, 0.05) is 30.6 Å². The van der Waals surface area contributed by atoms with Crippen molar-refractivity contribution in [1.29, 1.82) is 0 Å². The van der Waals surface area contributed by atoms with E-state index in [1.807, 2.05) is 0 Å². The summed E-state index contributed by atoms with van der Waals surface area (Å²) in [5, 5.41) is 27.8. The number of carboxylic acids is 1. The van der Waals surface area contributed by atoms with Gasteiger partial charge in [-0.2, -0.15) is 0 Å². The quantitative estimate of drug-likeness (QED) is 0.676. The summed E-state index contributed by atoms with van der Waals surface area (Å²) in [6, 6.07) is 0. The molecule has 0 radical (unpaired) electrons. The molecule has 0 aliphatic rings. The van der Waals surface area contributed by atoms with Crippen LogP contribution in [0.2, 0.25) is 0 Å². The van der Waals surface area contributed by atoms with Gasteiger partial charge in [0.1, 0.15) is 6.10 Å². The van der Waals surface area contributed by atoms with Crippen molar-refractivity contribution in [3.63, 3.8) is 0 Å². The number of aliphatic hydroxyl groups excluding tert-OH is 2. The number of aliphatic hydroxyl groups is 2. The number of carbonyl (C=O) groups is 2. The van der Waals surface area contributed by atoms with Crippen molar-refractivity contribution in [2.45, 2.75) is 19.1 Å². The summed E-state index contributed by atoms with van der Waals surface area (Å²) in [5.74, 6) is -1.63. The second-order valence-corrected chi connectivity index (χ2v) is 4.66. The van der Waals surface area contributed by atoms with E-state index < -0.39 is 24.0 Å². The van der Waals surface area contributed by atoms with E-state index in [1.54, 1.807) is 0 Å². The van der Waals surface area contributed by atoms with Crippen LogP contribution in [-0.4, -0.2) is 48.2 Å². The molecule has 0 amide bonds. The van der Waals surface area contributed by atoms with E-state index in [2.05, 4.69) is 9.97 Å². The maximum Gasteiger partial charge on any atom is 0.373 e. The van der Waals surface area contributed by atoms with Crippen LogP contribution in [0.4, 0.5) is 0 Å². The van der Waals surface area contributed by atoms with E-state index in [0.29, 0.717) is 0 Å². The molecule has 1 heterocycles. The van der Waals surface area contributed by atoms with E-state index in [1.165, 1.54) is 6.92 Å². The molecule has 98 valence electrons.